The van der Waals surface area contributed by atoms with Crippen molar-refractivity contribution in [3.8, 4) is 0 Å². The van der Waals surface area contributed by atoms with Gasteiger partial charge in [-0.05, 0) is 0 Å². The van der Waals surface area contributed by atoms with E-state index >= 15 is 0 Å². The maximum Gasteiger partial charge on any atom is 0 e. The molecule has 40 valence electrons. The monoisotopic (exact) mass is 232 g/mol. The van der Waals surface area contributed by atoms with Gasteiger partial charge in [0.1, 0.15) is 0 Å². The van der Waals surface area contributed by atoms with Gasteiger partial charge in [0.25, 0.3) is 0 Å². The molecule has 0 bridgehead atoms. The third kappa shape index (κ3) is 2.74. The minimum Gasteiger partial charge on any atom is -0.394 e. The van der Waals surface area contributed by atoms with E-state index in [1.165, 1.54) is 5.56 Å². The summed E-state index contributed by atoms with van der Waals surface area (Å²) in [7, 11) is 0. The van der Waals surface area contributed by atoms with Gasteiger partial charge in [-0.2, -0.15) is 12.1 Å². The van der Waals surface area contributed by atoms with Gasteiger partial charge in [0.05, 0.1) is 0 Å². The van der Waals surface area contributed by atoms with Crippen LogP contribution in [0.3, 0.4) is 0 Å². The van der Waals surface area contributed by atoms with Crippen LogP contribution in [0.5, 0.6) is 0 Å². The van der Waals surface area contributed by atoms with Crippen LogP contribution in [-0.2, 0) is 0 Å². The second-order valence-corrected chi connectivity index (χ2v) is 1.46. The van der Waals surface area contributed by atoms with E-state index in [1.807, 2.05) is 13.0 Å². The minimum absolute atomic E-state index is 0. The third-order valence-electron chi connectivity index (χ3n) is 0.763. The summed E-state index contributed by atoms with van der Waals surface area (Å²) in [5.74, 6) is 0. The molecule has 0 atom stereocenters. The average Bonchev–Trinajstić information content (AvgIpc) is 1.69. The number of rotatable bonds is 0. The van der Waals surface area contributed by atoms with E-state index < -0.39 is 0 Å². The summed E-state index contributed by atoms with van der Waals surface area (Å²) in [4.78, 5) is 3.76. The number of aryl methyl sites for hydroxylation is 1. The number of pyridine rings is 1. The van der Waals surface area contributed by atoms with Crippen molar-refractivity contribution < 1.29 is 41.7 Å². The average molecular weight is 232 g/mol. The quantitative estimate of drug-likeness (QED) is 0.612. The first-order valence-electron chi connectivity index (χ1n) is 2.18. The summed E-state index contributed by atoms with van der Waals surface area (Å²) in [6.07, 6.45) is 4.46. The summed E-state index contributed by atoms with van der Waals surface area (Å²) in [5, 5.41) is 0. The van der Waals surface area contributed by atoms with Gasteiger partial charge in [-0.25, -0.2) is 0 Å². The molecule has 0 aliphatic heterocycles. The molecule has 1 rings (SSSR count). The van der Waals surface area contributed by atoms with E-state index in [0.29, 0.717) is 0 Å². The smallest absolute Gasteiger partial charge is 0 e. The third-order valence-corrected chi connectivity index (χ3v) is 0.763. The Morgan fingerprint density at radius 1 is 1.62 bits per heavy atom. The maximum atomic E-state index is 3.76. The summed E-state index contributed by atoms with van der Waals surface area (Å²) in [6, 6.07) is 3.77. The SMILES string of the molecule is Cc1cc[c-]nc1.[Ce]. The van der Waals surface area contributed by atoms with Crippen molar-refractivity contribution >= 4 is 0 Å². The second-order valence-electron chi connectivity index (χ2n) is 1.46. The fourth-order valence-corrected chi connectivity index (χ4v) is 0.394. The first kappa shape index (κ1) is 8.53. The molecule has 0 aromatic carbocycles. The zero-order valence-electron chi connectivity index (χ0n) is 4.68. The zero-order chi connectivity index (χ0) is 5.11. The topological polar surface area (TPSA) is 12.9 Å². The van der Waals surface area contributed by atoms with Crippen molar-refractivity contribution in [3.05, 3.63) is 30.1 Å². The molecule has 2 heteroatoms. The molecule has 8 heavy (non-hydrogen) atoms. The van der Waals surface area contributed by atoms with E-state index in [9.17, 15) is 0 Å². The maximum absolute atomic E-state index is 3.76. The number of nitrogens with zero attached hydrogens (tertiary/aromatic N) is 1. The first-order valence-corrected chi connectivity index (χ1v) is 2.18. The van der Waals surface area contributed by atoms with Gasteiger partial charge in [-0.15, -0.1) is 5.56 Å². The van der Waals surface area contributed by atoms with Crippen molar-refractivity contribution in [1.29, 1.82) is 0 Å². The molecule has 0 amide bonds. The molecule has 1 aromatic rings. The summed E-state index contributed by atoms with van der Waals surface area (Å²) in [6.45, 7) is 2.00. The van der Waals surface area contributed by atoms with Crippen LogP contribution in [0, 0.1) is 54.9 Å². The van der Waals surface area contributed by atoms with Gasteiger partial charge in [-0.3, -0.25) is 0 Å². The van der Waals surface area contributed by atoms with Crippen LogP contribution in [-0.4, -0.2) is 4.98 Å². The molecule has 0 aliphatic rings. The van der Waals surface area contributed by atoms with Crippen molar-refractivity contribution in [2.45, 2.75) is 6.92 Å². The molecule has 0 saturated carbocycles. The fraction of sp³-hybridized carbons (Fsp3) is 0.167. The van der Waals surface area contributed by atoms with Gasteiger partial charge >= 0.3 is 0 Å². The standard InChI is InChI=1S/C6H6N.Ce/c1-6-3-2-4-7-5-6;/h2-3,5H,1H3;/q-1;. The van der Waals surface area contributed by atoms with Gasteiger partial charge in [0.2, 0.25) is 0 Å². The van der Waals surface area contributed by atoms with Crippen LogP contribution >= 0.6 is 0 Å². The Morgan fingerprint density at radius 3 is 2.62 bits per heavy atom. The van der Waals surface area contributed by atoms with Crippen LogP contribution in [0.2, 0.25) is 0 Å². The van der Waals surface area contributed by atoms with Crippen molar-refractivity contribution in [3.63, 3.8) is 0 Å². The van der Waals surface area contributed by atoms with Crippen LogP contribution in [0.4, 0.5) is 0 Å². The van der Waals surface area contributed by atoms with E-state index in [1.54, 1.807) is 12.3 Å². The Kier molecular flexibility index (Phi) is 4.70. The van der Waals surface area contributed by atoms with Gasteiger partial charge in [-0.1, -0.05) is 19.3 Å². The molecule has 1 heterocycles. The fourth-order valence-electron chi connectivity index (χ4n) is 0.394. The predicted molar refractivity (Wildman–Crippen MR) is 27.8 cm³/mol. The van der Waals surface area contributed by atoms with Crippen LogP contribution < -0.4 is 0 Å². The van der Waals surface area contributed by atoms with E-state index in [-0.39, 0.29) is 41.7 Å². The second kappa shape index (κ2) is 4.41. The molecular formula is C6H6CeN-. The number of hydrogen-bond acceptors (Lipinski definition) is 1. The molecule has 0 aliphatic carbocycles. The molecule has 1 aromatic heterocycles. The normalized spacial score (nSPS) is 7.62. The molecule has 0 radical (unpaired) electrons. The Bertz CT molecular complexity index is 138. The summed E-state index contributed by atoms with van der Waals surface area (Å²) in [5.41, 5.74) is 1.18. The van der Waals surface area contributed by atoms with Crippen molar-refractivity contribution in [2.75, 3.05) is 0 Å². The largest absolute Gasteiger partial charge is 0.394 e. The van der Waals surface area contributed by atoms with Gasteiger partial charge < -0.3 is 4.98 Å². The first-order chi connectivity index (χ1) is 3.39. The molecule has 1 nitrogen and oxygen atoms in total. The minimum atomic E-state index is 0. The summed E-state index contributed by atoms with van der Waals surface area (Å²) < 4.78 is 0. The predicted octanol–water partition coefficient (Wildman–Crippen LogP) is 1.19. The summed E-state index contributed by atoms with van der Waals surface area (Å²) >= 11 is 0. The van der Waals surface area contributed by atoms with E-state index in [2.05, 4.69) is 11.2 Å². The Balaban J connectivity index is 0.000000490. The van der Waals surface area contributed by atoms with Gasteiger partial charge in [0, 0.05) is 41.7 Å². The van der Waals surface area contributed by atoms with E-state index in [0.717, 1.165) is 0 Å². The Labute approximate surface area is 82.9 Å². The molecule has 0 saturated heterocycles. The molecule has 0 N–H and O–H groups in total. The Morgan fingerprint density at radius 2 is 2.38 bits per heavy atom. The molecular weight excluding hydrogens is 226 g/mol. The van der Waals surface area contributed by atoms with Crippen LogP contribution in [0.15, 0.2) is 18.3 Å². The Hall–Kier alpha value is 0.527. The van der Waals surface area contributed by atoms with Crippen LogP contribution in [0.1, 0.15) is 5.56 Å². The number of hydrogen-bond donors (Lipinski definition) is 0. The number of aromatic nitrogens is 1. The van der Waals surface area contributed by atoms with Crippen molar-refractivity contribution in [2.24, 2.45) is 0 Å². The molecule has 0 fully saturated rings. The van der Waals surface area contributed by atoms with Crippen LogP contribution in [0.25, 0.3) is 0 Å². The zero-order valence-corrected chi connectivity index (χ0v) is 7.82. The molecule has 0 unspecified atom stereocenters. The van der Waals surface area contributed by atoms with E-state index in [4.69, 9.17) is 0 Å². The van der Waals surface area contributed by atoms with Crippen molar-refractivity contribution in [1.82, 2.24) is 4.98 Å². The molecule has 0 spiro atoms. The van der Waals surface area contributed by atoms with Gasteiger partial charge in [0.15, 0.2) is 0 Å².